The smallest absolute Gasteiger partial charge is 0.254 e. The van der Waals surface area contributed by atoms with Crippen molar-refractivity contribution in [2.75, 3.05) is 0 Å². The van der Waals surface area contributed by atoms with Crippen LogP contribution in [-0.4, -0.2) is 9.97 Å². The minimum atomic E-state index is -0.0941. The van der Waals surface area contributed by atoms with Gasteiger partial charge in [0.15, 0.2) is 0 Å². The number of halogens is 1. The van der Waals surface area contributed by atoms with Crippen LogP contribution in [0.15, 0.2) is 29.1 Å². The monoisotopic (exact) mass is 262 g/mol. The van der Waals surface area contributed by atoms with Crippen molar-refractivity contribution < 1.29 is 0 Å². The SMILES string of the molecule is CCCc1nc(-c2ccccc2Cl)c(C)c(=O)[nH]1. The van der Waals surface area contributed by atoms with E-state index in [9.17, 15) is 4.79 Å². The first-order chi connectivity index (χ1) is 8.63. The quantitative estimate of drug-likeness (QED) is 0.922. The standard InChI is InChI=1S/C14H15ClN2O/c1-3-6-12-16-13(9(2)14(18)17-12)10-7-4-5-8-11(10)15/h4-5,7-8H,3,6H2,1-2H3,(H,16,17,18). The van der Waals surface area contributed by atoms with Crippen molar-refractivity contribution in [2.45, 2.75) is 26.7 Å². The molecule has 0 radical (unpaired) electrons. The second-order valence-corrected chi connectivity index (χ2v) is 4.62. The lowest BCUT2D eigenvalue weighted by Crippen LogP contribution is -2.16. The van der Waals surface area contributed by atoms with E-state index >= 15 is 0 Å². The third kappa shape index (κ3) is 2.46. The molecule has 0 fully saturated rings. The first-order valence-electron chi connectivity index (χ1n) is 5.98. The summed E-state index contributed by atoms with van der Waals surface area (Å²) in [7, 11) is 0. The van der Waals surface area contributed by atoms with E-state index in [0.29, 0.717) is 22.1 Å². The Balaban J connectivity index is 2.63. The Morgan fingerprint density at radius 2 is 2.06 bits per heavy atom. The van der Waals surface area contributed by atoms with Crippen molar-refractivity contribution in [3.63, 3.8) is 0 Å². The molecule has 0 saturated heterocycles. The van der Waals surface area contributed by atoms with Crippen LogP contribution in [0.1, 0.15) is 24.7 Å². The van der Waals surface area contributed by atoms with Crippen molar-refractivity contribution in [1.29, 1.82) is 0 Å². The zero-order valence-electron chi connectivity index (χ0n) is 10.5. The Bertz CT molecular complexity index is 619. The molecule has 0 amide bonds. The molecular formula is C14H15ClN2O. The molecule has 0 aliphatic heterocycles. The van der Waals surface area contributed by atoms with Gasteiger partial charge >= 0.3 is 0 Å². The maximum Gasteiger partial charge on any atom is 0.254 e. The van der Waals surface area contributed by atoms with Crippen LogP contribution in [0.25, 0.3) is 11.3 Å². The van der Waals surface area contributed by atoms with Gasteiger partial charge in [-0.2, -0.15) is 0 Å². The van der Waals surface area contributed by atoms with Crippen LogP contribution in [0, 0.1) is 6.92 Å². The third-order valence-corrected chi connectivity index (χ3v) is 3.15. The van der Waals surface area contributed by atoms with Gasteiger partial charge in [0.2, 0.25) is 0 Å². The molecule has 4 heteroatoms. The van der Waals surface area contributed by atoms with E-state index in [0.717, 1.165) is 18.4 Å². The second-order valence-electron chi connectivity index (χ2n) is 4.22. The number of benzene rings is 1. The fourth-order valence-electron chi connectivity index (χ4n) is 1.85. The highest BCUT2D eigenvalue weighted by Crippen LogP contribution is 2.27. The molecular weight excluding hydrogens is 248 g/mol. The van der Waals surface area contributed by atoms with Crippen molar-refractivity contribution >= 4 is 11.6 Å². The summed E-state index contributed by atoms with van der Waals surface area (Å²) in [5.74, 6) is 0.711. The number of H-pyrrole nitrogens is 1. The average Bonchev–Trinajstić information content (AvgIpc) is 2.35. The molecule has 0 aliphatic rings. The first-order valence-corrected chi connectivity index (χ1v) is 6.36. The molecule has 94 valence electrons. The molecule has 0 unspecified atom stereocenters. The van der Waals surface area contributed by atoms with E-state index in [1.54, 1.807) is 13.0 Å². The van der Waals surface area contributed by atoms with E-state index in [4.69, 9.17) is 11.6 Å². The topological polar surface area (TPSA) is 45.8 Å². The largest absolute Gasteiger partial charge is 0.310 e. The van der Waals surface area contributed by atoms with Gasteiger partial charge in [-0.3, -0.25) is 4.79 Å². The number of nitrogens with zero attached hydrogens (tertiary/aromatic N) is 1. The summed E-state index contributed by atoms with van der Waals surface area (Å²) in [6, 6.07) is 7.44. The van der Waals surface area contributed by atoms with E-state index < -0.39 is 0 Å². The van der Waals surface area contributed by atoms with Gasteiger partial charge in [0.1, 0.15) is 5.82 Å². The molecule has 3 nitrogen and oxygen atoms in total. The zero-order valence-corrected chi connectivity index (χ0v) is 11.2. The molecule has 18 heavy (non-hydrogen) atoms. The lowest BCUT2D eigenvalue weighted by molar-refractivity contribution is 0.823. The molecule has 0 aliphatic carbocycles. The molecule has 0 spiro atoms. The van der Waals surface area contributed by atoms with E-state index in [-0.39, 0.29) is 5.56 Å². The second kappa shape index (κ2) is 5.36. The number of rotatable bonds is 3. The molecule has 0 bridgehead atoms. The fraction of sp³-hybridized carbons (Fsp3) is 0.286. The fourth-order valence-corrected chi connectivity index (χ4v) is 2.08. The van der Waals surface area contributed by atoms with Gasteiger partial charge in [0.25, 0.3) is 5.56 Å². The van der Waals surface area contributed by atoms with Crippen LogP contribution in [0.5, 0.6) is 0 Å². The summed E-state index contributed by atoms with van der Waals surface area (Å²) in [4.78, 5) is 19.2. The molecule has 0 saturated carbocycles. The summed E-state index contributed by atoms with van der Waals surface area (Å²) < 4.78 is 0. The number of aromatic amines is 1. The molecule has 1 aromatic carbocycles. The lowest BCUT2D eigenvalue weighted by atomic mass is 10.1. The predicted octanol–water partition coefficient (Wildman–Crippen LogP) is 3.35. The Labute approximate surface area is 111 Å². The van der Waals surface area contributed by atoms with Crippen molar-refractivity contribution in [1.82, 2.24) is 9.97 Å². The lowest BCUT2D eigenvalue weighted by Gasteiger charge is -2.08. The average molecular weight is 263 g/mol. The maximum atomic E-state index is 11.9. The van der Waals surface area contributed by atoms with Crippen LogP contribution in [0.4, 0.5) is 0 Å². The summed E-state index contributed by atoms with van der Waals surface area (Å²) >= 11 is 6.16. The highest BCUT2D eigenvalue weighted by atomic mass is 35.5. The number of hydrogen-bond acceptors (Lipinski definition) is 2. The Morgan fingerprint density at radius 3 is 2.72 bits per heavy atom. The summed E-state index contributed by atoms with van der Waals surface area (Å²) in [6.45, 7) is 3.81. The molecule has 1 N–H and O–H groups in total. The number of nitrogens with one attached hydrogen (secondary N) is 1. The van der Waals surface area contributed by atoms with Crippen LogP contribution >= 0.6 is 11.6 Å². The molecule has 1 aromatic heterocycles. The zero-order chi connectivity index (χ0) is 13.1. The van der Waals surface area contributed by atoms with E-state index in [1.807, 2.05) is 18.2 Å². The van der Waals surface area contributed by atoms with Crippen LogP contribution in [0.2, 0.25) is 5.02 Å². The summed E-state index contributed by atoms with van der Waals surface area (Å²) in [6.07, 6.45) is 1.70. The highest BCUT2D eigenvalue weighted by molar-refractivity contribution is 6.33. The predicted molar refractivity (Wildman–Crippen MR) is 74.0 cm³/mol. The van der Waals surface area contributed by atoms with Crippen molar-refractivity contribution in [2.24, 2.45) is 0 Å². The van der Waals surface area contributed by atoms with Gasteiger partial charge in [0.05, 0.1) is 5.69 Å². The van der Waals surface area contributed by atoms with E-state index in [1.165, 1.54) is 0 Å². The van der Waals surface area contributed by atoms with Crippen LogP contribution < -0.4 is 5.56 Å². The molecule has 0 atom stereocenters. The number of aromatic nitrogens is 2. The van der Waals surface area contributed by atoms with Crippen LogP contribution in [0.3, 0.4) is 0 Å². The minimum Gasteiger partial charge on any atom is -0.310 e. The molecule has 2 rings (SSSR count). The van der Waals surface area contributed by atoms with Gasteiger partial charge in [0, 0.05) is 22.6 Å². The highest BCUT2D eigenvalue weighted by Gasteiger charge is 2.11. The van der Waals surface area contributed by atoms with Gasteiger partial charge in [-0.15, -0.1) is 0 Å². The third-order valence-electron chi connectivity index (χ3n) is 2.82. The van der Waals surface area contributed by atoms with Gasteiger partial charge < -0.3 is 4.98 Å². The minimum absolute atomic E-state index is 0.0941. The Hall–Kier alpha value is -1.61. The van der Waals surface area contributed by atoms with Crippen molar-refractivity contribution in [3.8, 4) is 11.3 Å². The summed E-state index contributed by atoms with van der Waals surface area (Å²) in [5, 5.41) is 0.612. The van der Waals surface area contributed by atoms with Crippen LogP contribution in [-0.2, 0) is 6.42 Å². The van der Waals surface area contributed by atoms with Gasteiger partial charge in [-0.25, -0.2) is 4.98 Å². The summed E-state index contributed by atoms with van der Waals surface area (Å²) in [5.41, 5.74) is 1.99. The van der Waals surface area contributed by atoms with Crippen molar-refractivity contribution in [3.05, 3.63) is 51.0 Å². The van der Waals surface area contributed by atoms with E-state index in [2.05, 4.69) is 16.9 Å². The van der Waals surface area contributed by atoms with Gasteiger partial charge in [-0.05, 0) is 19.4 Å². The Morgan fingerprint density at radius 1 is 1.33 bits per heavy atom. The number of aryl methyl sites for hydroxylation is 1. The maximum absolute atomic E-state index is 11.9. The normalized spacial score (nSPS) is 10.6. The molecule has 1 heterocycles. The number of hydrogen-bond donors (Lipinski definition) is 1. The van der Waals surface area contributed by atoms with Gasteiger partial charge in [-0.1, -0.05) is 36.7 Å². The first kappa shape index (κ1) is 12.8. The Kier molecular flexibility index (Phi) is 3.82. The molecule has 2 aromatic rings.